The van der Waals surface area contributed by atoms with E-state index in [0.29, 0.717) is 5.57 Å². The first-order chi connectivity index (χ1) is 7.67. The zero-order valence-electron chi connectivity index (χ0n) is 9.19. The fourth-order valence-electron chi connectivity index (χ4n) is 1.26. The Labute approximate surface area is 105 Å². The van der Waals surface area contributed by atoms with Gasteiger partial charge in [-0.3, -0.25) is 0 Å². The molecule has 1 heterocycles. The van der Waals surface area contributed by atoms with Gasteiger partial charge in [0.05, 0.1) is 5.57 Å². The monoisotopic (exact) mass is 250 g/mol. The van der Waals surface area contributed by atoms with E-state index in [1.807, 2.05) is 12.1 Å². The molecule has 0 aliphatic heterocycles. The highest BCUT2D eigenvalue weighted by Crippen LogP contribution is 2.21. The van der Waals surface area contributed by atoms with Crippen molar-refractivity contribution in [2.45, 2.75) is 26.2 Å². The molecule has 0 unspecified atom stereocenters. The molecular formula is C12H14N2S2. The quantitative estimate of drug-likeness (QED) is 0.495. The first-order valence-electron chi connectivity index (χ1n) is 5.17. The topological polar surface area (TPSA) is 49.8 Å². The molecule has 0 aliphatic carbocycles. The van der Waals surface area contributed by atoms with Crippen molar-refractivity contribution in [1.82, 2.24) is 0 Å². The third kappa shape index (κ3) is 3.76. The molecule has 1 aromatic heterocycles. The third-order valence-electron chi connectivity index (χ3n) is 2.13. The molecule has 0 saturated heterocycles. The average Bonchev–Trinajstić information content (AvgIpc) is 2.70. The van der Waals surface area contributed by atoms with Crippen molar-refractivity contribution in [3.8, 4) is 6.07 Å². The van der Waals surface area contributed by atoms with E-state index >= 15 is 0 Å². The van der Waals surface area contributed by atoms with Gasteiger partial charge in [-0.1, -0.05) is 25.6 Å². The molecule has 0 atom stereocenters. The maximum Gasteiger partial charge on any atom is 0.114 e. The highest BCUT2D eigenvalue weighted by Gasteiger charge is 2.02. The summed E-state index contributed by atoms with van der Waals surface area (Å²) in [4.78, 5) is 2.54. The van der Waals surface area contributed by atoms with Gasteiger partial charge in [-0.15, -0.1) is 11.3 Å². The van der Waals surface area contributed by atoms with Crippen LogP contribution in [0.1, 0.15) is 29.5 Å². The van der Waals surface area contributed by atoms with E-state index in [4.69, 9.17) is 23.2 Å². The SMILES string of the molecule is CCCCc1ccc(/C=C(/C#N)C(N)=S)s1. The van der Waals surface area contributed by atoms with Crippen LogP contribution in [0.3, 0.4) is 0 Å². The van der Waals surface area contributed by atoms with E-state index in [1.165, 1.54) is 17.7 Å². The summed E-state index contributed by atoms with van der Waals surface area (Å²) in [5, 5.41) is 8.82. The largest absolute Gasteiger partial charge is 0.389 e. The van der Waals surface area contributed by atoms with Crippen molar-refractivity contribution in [3.05, 3.63) is 27.5 Å². The molecule has 1 rings (SSSR count). The third-order valence-corrected chi connectivity index (χ3v) is 3.44. The van der Waals surface area contributed by atoms with Gasteiger partial charge in [0.1, 0.15) is 11.1 Å². The molecule has 2 nitrogen and oxygen atoms in total. The summed E-state index contributed by atoms with van der Waals surface area (Å²) in [6.45, 7) is 2.18. The van der Waals surface area contributed by atoms with Gasteiger partial charge in [-0.25, -0.2) is 0 Å². The molecule has 0 amide bonds. The fourth-order valence-corrected chi connectivity index (χ4v) is 2.36. The minimum Gasteiger partial charge on any atom is -0.389 e. The van der Waals surface area contributed by atoms with E-state index in [1.54, 1.807) is 17.4 Å². The summed E-state index contributed by atoms with van der Waals surface area (Å²) < 4.78 is 0. The molecule has 4 heteroatoms. The minimum atomic E-state index is 0.158. The summed E-state index contributed by atoms with van der Waals surface area (Å²) >= 11 is 6.47. The summed E-state index contributed by atoms with van der Waals surface area (Å²) in [6, 6.07) is 6.11. The van der Waals surface area contributed by atoms with Crippen molar-refractivity contribution < 1.29 is 0 Å². The lowest BCUT2D eigenvalue weighted by atomic mass is 10.2. The molecule has 16 heavy (non-hydrogen) atoms. The van der Waals surface area contributed by atoms with E-state index in [0.717, 1.165) is 11.3 Å². The van der Waals surface area contributed by atoms with Crippen LogP contribution in [0.25, 0.3) is 6.08 Å². The van der Waals surface area contributed by atoms with Gasteiger partial charge < -0.3 is 5.73 Å². The molecule has 0 bridgehead atoms. The van der Waals surface area contributed by atoms with Crippen LogP contribution < -0.4 is 5.73 Å². The van der Waals surface area contributed by atoms with Gasteiger partial charge in [0.15, 0.2) is 0 Å². The van der Waals surface area contributed by atoms with Gasteiger partial charge in [-0.2, -0.15) is 5.26 Å². The molecule has 1 aromatic rings. The van der Waals surface area contributed by atoms with Crippen molar-refractivity contribution in [3.63, 3.8) is 0 Å². The average molecular weight is 250 g/mol. The Morgan fingerprint density at radius 1 is 1.62 bits per heavy atom. The number of hydrogen-bond donors (Lipinski definition) is 1. The highest BCUT2D eigenvalue weighted by molar-refractivity contribution is 7.80. The highest BCUT2D eigenvalue weighted by atomic mass is 32.1. The Morgan fingerprint density at radius 2 is 2.38 bits per heavy atom. The first kappa shape index (κ1) is 12.9. The smallest absolute Gasteiger partial charge is 0.114 e. The minimum absolute atomic E-state index is 0.158. The number of aryl methyl sites for hydroxylation is 1. The second-order valence-corrected chi connectivity index (χ2v) is 5.08. The van der Waals surface area contributed by atoms with Crippen molar-refractivity contribution >= 4 is 34.6 Å². The summed E-state index contributed by atoms with van der Waals surface area (Å²) in [5.41, 5.74) is 5.80. The Bertz CT molecular complexity index is 438. The maximum atomic E-state index is 8.82. The predicted molar refractivity (Wildman–Crippen MR) is 73.3 cm³/mol. The van der Waals surface area contributed by atoms with Crippen LogP contribution in [0, 0.1) is 11.3 Å². The first-order valence-corrected chi connectivity index (χ1v) is 6.40. The van der Waals surface area contributed by atoms with Crippen molar-refractivity contribution in [1.29, 1.82) is 5.26 Å². The molecule has 0 radical (unpaired) electrons. The lowest BCUT2D eigenvalue weighted by Crippen LogP contribution is -2.09. The number of nitriles is 1. The summed E-state index contributed by atoms with van der Waals surface area (Å²) in [7, 11) is 0. The lowest BCUT2D eigenvalue weighted by molar-refractivity contribution is 0.804. The van der Waals surface area contributed by atoms with Crippen LogP contribution in [-0.2, 0) is 6.42 Å². The number of nitrogens with zero attached hydrogens (tertiary/aromatic N) is 1. The number of rotatable bonds is 5. The Morgan fingerprint density at radius 3 is 2.94 bits per heavy atom. The van der Waals surface area contributed by atoms with Crippen LogP contribution in [0.4, 0.5) is 0 Å². The molecule has 0 spiro atoms. The molecule has 0 fully saturated rings. The Hall–Kier alpha value is -1.18. The number of thiophene rings is 1. The normalized spacial score (nSPS) is 11.1. The van der Waals surface area contributed by atoms with Crippen LogP contribution in [0.2, 0.25) is 0 Å². The number of unbranched alkanes of at least 4 members (excludes halogenated alkanes) is 1. The molecule has 2 N–H and O–H groups in total. The summed E-state index contributed by atoms with van der Waals surface area (Å²) in [5.74, 6) is 0. The zero-order valence-corrected chi connectivity index (χ0v) is 10.8. The van der Waals surface area contributed by atoms with E-state index in [9.17, 15) is 0 Å². The molecule has 84 valence electrons. The zero-order chi connectivity index (χ0) is 12.0. The molecule has 0 aromatic carbocycles. The lowest BCUT2D eigenvalue weighted by Gasteiger charge is -1.93. The van der Waals surface area contributed by atoms with Crippen molar-refractivity contribution in [2.24, 2.45) is 5.73 Å². The second kappa shape index (κ2) is 6.41. The number of nitrogens with two attached hydrogens (primary N) is 1. The van der Waals surface area contributed by atoms with E-state index < -0.39 is 0 Å². The van der Waals surface area contributed by atoms with Crippen LogP contribution in [-0.4, -0.2) is 4.99 Å². The number of thiocarbonyl (C=S) groups is 1. The van der Waals surface area contributed by atoms with E-state index in [-0.39, 0.29) is 4.99 Å². The Kier molecular flexibility index (Phi) is 5.17. The maximum absolute atomic E-state index is 8.82. The van der Waals surface area contributed by atoms with Gasteiger partial charge >= 0.3 is 0 Å². The molecular weight excluding hydrogens is 236 g/mol. The van der Waals surface area contributed by atoms with Gasteiger partial charge in [0.2, 0.25) is 0 Å². The van der Waals surface area contributed by atoms with Crippen molar-refractivity contribution in [2.75, 3.05) is 0 Å². The summed E-state index contributed by atoms with van der Waals surface area (Å²) in [6.07, 6.45) is 5.25. The van der Waals surface area contributed by atoms with Gasteiger partial charge in [0.25, 0.3) is 0 Å². The van der Waals surface area contributed by atoms with Crippen LogP contribution >= 0.6 is 23.6 Å². The second-order valence-electron chi connectivity index (χ2n) is 3.44. The van der Waals surface area contributed by atoms with Crippen LogP contribution in [0.5, 0.6) is 0 Å². The predicted octanol–water partition coefficient (Wildman–Crippen LogP) is 3.28. The van der Waals surface area contributed by atoms with E-state index in [2.05, 4.69) is 13.0 Å². The Balaban J connectivity index is 2.78. The standard InChI is InChI=1S/C12H14N2S2/c1-2-3-4-10-5-6-11(16-10)7-9(8-13)12(14)15/h5-7H,2-4H2,1H3,(H2,14,15)/b9-7-. The van der Waals surface area contributed by atoms with Gasteiger partial charge in [0, 0.05) is 9.75 Å². The fraction of sp³-hybridized carbons (Fsp3) is 0.333. The number of hydrogen-bond acceptors (Lipinski definition) is 3. The molecule has 0 saturated carbocycles. The van der Waals surface area contributed by atoms with Gasteiger partial charge in [-0.05, 0) is 31.1 Å². The molecule has 0 aliphatic rings. The van der Waals surface area contributed by atoms with Crippen LogP contribution in [0.15, 0.2) is 17.7 Å².